The molecule has 2 aliphatic rings. The first-order valence-corrected chi connectivity index (χ1v) is 7.65. The van der Waals surface area contributed by atoms with E-state index in [9.17, 15) is 0 Å². The molecule has 3 heterocycles. The predicted molar refractivity (Wildman–Crippen MR) is 89.8 cm³/mol. The molecule has 122 valence electrons. The maximum atomic E-state index is 5.47. The van der Waals surface area contributed by atoms with E-state index in [1.54, 1.807) is 0 Å². The van der Waals surface area contributed by atoms with E-state index in [0.29, 0.717) is 5.92 Å². The average Bonchev–Trinajstić information content (AvgIpc) is 2.82. The zero-order chi connectivity index (χ0) is 13.1. The van der Waals surface area contributed by atoms with Gasteiger partial charge < -0.3 is 14.6 Å². The summed E-state index contributed by atoms with van der Waals surface area (Å²) < 4.78 is 7.94. The van der Waals surface area contributed by atoms with Gasteiger partial charge in [0.05, 0.1) is 0 Å². The van der Waals surface area contributed by atoms with Gasteiger partial charge >= 0.3 is 0 Å². The number of ether oxygens (including phenoxy) is 1. The molecule has 0 amide bonds. The highest BCUT2D eigenvalue weighted by molar-refractivity contribution is 5.85. The van der Waals surface area contributed by atoms with Crippen LogP contribution < -0.4 is 5.32 Å². The van der Waals surface area contributed by atoms with Crippen molar-refractivity contribution in [2.24, 2.45) is 5.92 Å². The Labute approximate surface area is 139 Å². The number of imidazole rings is 1. The van der Waals surface area contributed by atoms with Gasteiger partial charge in [-0.15, -0.1) is 24.8 Å². The van der Waals surface area contributed by atoms with E-state index < -0.39 is 0 Å². The van der Waals surface area contributed by atoms with E-state index in [-0.39, 0.29) is 24.8 Å². The second-order valence-electron chi connectivity index (χ2n) is 5.97. The predicted octanol–water partition coefficient (Wildman–Crippen LogP) is 2.93. The average molecular weight is 336 g/mol. The maximum absolute atomic E-state index is 5.47. The van der Waals surface area contributed by atoms with Gasteiger partial charge in [0.15, 0.2) is 0 Å². The van der Waals surface area contributed by atoms with Gasteiger partial charge in [0.25, 0.3) is 0 Å². The van der Waals surface area contributed by atoms with Gasteiger partial charge in [0.2, 0.25) is 0 Å². The zero-order valence-corrected chi connectivity index (χ0v) is 14.3. The highest BCUT2D eigenvalue weighted by atomic mass is 35.5. The van der Waals surface area contributed by atoms with Gasteiger partial charge in [-0.2, -0.15) is 0 Å². The zero-order valence-electron chi connectivity index (χ0n) is 12.7. The Morgan fingerprint density at radius 2 is 2.05 bits per heavy atom. The highest BCUT2D eigenvalue weighted by Gasteiger charge is 2.23. The van der Waals surface area contributed by atoms with Gasteiger partial charge in [0, 0.05) is 37.6 Å². The van der Waals surface area contributed by atoms with Crippen molar-refractivity contribution in [2.75, 3.05) is 26.3 Å². The molecule has 1 aromatic heterocycles. The van der Waals surface area contributed by atoms with Crippen LogP contribution in [-0.2, 0) is 11.3 Å². The molecule has 21 heavy (non-hydrogen) atoms. The summed E-state index contributed by atoms with van der Waals surface area (Å²) in [6.07, 6.45) is 6.95. The quantitative estimate of drug-likeness (QED) is 0.922. The Kier molecular flexibility index (Phi) is 8.03. The Morgan fingerprint density at radius 3 is 2.71 bits per heavy atom. The molecule has 0 spiro atoms. The first kappa shape index (κ1) is 18.8. The van der Waals surface area contributed by atoms with E-state index >= 15 is 0 Å². The SMILES string of the molecule is Cc1cnc(C2CCOCC2)n1CC1CCCNC1.Cl.Cl. The minimum Gasteiger partial charge on any atom is -0.381 e. The number of piperidine rings is 1. The topological polar surface area (TPSA) is 39.1 Å². The van der Waals surface area contributed by atoms with Crippen LogP contribution in [0.15, 0.2) is 6.20 Å². The van der Waals surface area contributed by atoms with Crippen LogP contribution in [-0.4, -0.2) is 35.9 Å². The lowest BCUT2D eigenvalue weighted by atomic mass is 9.97. The molecular weight excluding hydrogens is 309 g/mol. The molecule has 4 nitrogen and oxygen atoms in total. The fraction of sp³-hybridized carbons (Fsp3) is 0.800. The highest BCUT2D eigenvalue weighted by Crippen LogP contribution is 2.27. The maximum Gasteiger partial charge on any atom is 0.112 e. The van der Waals surface area contributed by atoms with Crippen LogP contribution in [0.4, 0.5) is 0 Å². The van der Waals surface area contributed by atoms with E-state index in [4.69, 9.17) is 9.72 Å². The molecule has 3 rings (SSSR count). The van der Waals surface area contributed by atoms with Crippen LogP contribution in [0.2, 0.25) is 0 Å². The number of aromatic nitrogens is 2. The van der Waals surface area contributed by atoms with E-state index in [1.807, 2.05) is 6.20 Å². The number of hydrogen-bond acceptors (Lipinski definition) is 3. The number of halogens is 2. The lowest BCUT2D eigenvalue weighted by Crippen LogP contribution is -2.33. The third kappa shape index (κ3) is 4.59. The standard InChI is InChI=1S/C15H25N3O.2ClH/c1-12-9-17-15(14-4-7-19-8-5-14)18(12)11-13-3-2-6-16-10-13;;/h9,13-14,16H,2-8,10-11H2,1H3;2*1H. The number of nitrogens with zero attached hydrogens (tertiary/aromatic N) is 2. The monoisotopic (exact) mass is 335 g/mol. The smallest absolute Gasteiger partial charge is 0.112 e. The molecule has 2 saturated heterocycles. The van der Waals surface area contributed by atoms with Gasteiger partial charge in [-0.3, -0.25) is 0 Å². The van der Waals surface area contributed by atoms with Crippen LogP contribution in [0.25, 0.3) is 0 Å². The number of hydrogen-bond donors (Lipinski definition) is 1. The summed E-state index contributed by atoms with van der Waals surface area (Å²) >= 11 is 0. The minimum atomic E-state index is 0. The van der Waals surface area contributed by atoms with Gasteiger partial charge in [-0.25, -0.2) is 4.98 Å². The lowest BCUT2D eigenvalue weighted by molar-refractivity contribution is 0.0825. The second kappa shape index (κ2) is 8.99. The van der Waals surface area contributed by atoms with Crippen LogP contribution in [0, 0.1) is 12.8 Å². The molecular formula is C15H27Cl2N3O. The summed E-state index contributed by atoms with van der Waals surface area (Å²) in [4.78, 5) is 4.69. The second-order valence-corrected chi connectivity index (χ2v) is 5.97. The third-order valence-corrected chi connectivity index (χ3v) is 4.51. The molecule has 0 aromatic carbocycles. The Hall–Kier alpha value is -0.290. The molecule has 2 aliphatic heterocycles. The molecule has 1 aromatic rings. The summed E-state index contributed by atoms with van der Waals surface area (Å²) in [6, 6.07) is 0. The Morgan fingerprint density at radius 1 is 1.29 bits per heavy atom. The van der Waals surface area contributed by atoms with Crippen molar-refractivity contribution in [1.82, 2.24) is 14.9 Å². The van der Waals surface area contributed by atoms with Crippen LogP contribution >= 0.6 is 24.8 Å². The van der Waals surface area contributed by atoms with Gasteiger partial charge in [0.1, 0.15) is 5.82 Å². The normalized spacial score (nSPS) is 23.2. The largest absolute Gasteiger partial charge is 0.381 e. The number of rotatable bonds is 3. The molecule has 6 heteroatoms. The summed E-state index contributed by atoms with van der Waals surface area (Å²) in [6.45, 7) is 7.44. The van der Waals surface area contributed by atoms with Crippen molar-refractivity contribution in [3.05, 3.63) is 17.7 Å². The minimum absolute atomic E-state index is 0. The molecule has 0 radical (unpaired) electrons. The first-order valence-electron chi connectivity index (χ1n) is 7.65. The summed E-state index contributed by atoms with van der Waals surface area (Å²) in [7, 11) is 0. The molecule has 1 atom stereocenters. The van der Waals surface area contributed by atoms with E-state index in [2.05, 4.69) is 16.8 Å². The lowest BCUT2D eigenvalue weighted by Gasteiger charge is -2.27. The van der Waals surface area contributed by atoms with E-state index in [1.165, 1.54) is 30.9 Å². The molecule has 0 saturated carbocycles. The van der Waals surface area contributed by atoms with Crippen molar-refractivity contribution in [3.8, 4) is 0 Å². The van der Waals surface area contributed by atoms with Crippen molar-refractivity contribution in [1.29, 1.82) is 0 Å². The molecule has 0 bridgehead atoms. The van der Waals surface area contributed by atoms with Crippen molar-refractivity contribution < 1.29 is 4.74 Å². The van der Waals surface area contributed by atoms with Gasteiger partial charge in [-0.05, 0) is 51.6 Å². The first-order chi connectivity index (χ1) is 9.34. The number of aryl methyl sites for hydroxylation is 1. The summed E-state index contributed by atoms with van der Waals surface area (Å²) in [5.41, 5.74) is 1.31. The number of nitrogens with one attached hydrogen (secondary N) is 1. The molecule has 2 fully saturated rings. The summed E-state index contributed by atoms with van der Waals surface area (Å²) in [5, 5.41) is 3.51. The fourth-order valence-electron chi connectivity index (χ4n) is 3.34. The third-order valence-electron chi connectivity index (χ3n) is 4.51. The van der Waals surface area contributed by atoms with Crippen LogP contribution in [0.3, 0.4) is 0 Å². The Bertz CT molecular complexity index is 413. The van der Waals surface area contributed by atoms with Crippen molar-refractivity contribution in [3.63, 3.8) is 0 Å². The molecule has 0 aliphatic carbocycles. The summed E-state index contributed by atoms with van der Waals surface area (Å²) in [5.74, 6) is 2.66. The van der Waals surface area contributed by atoms with Crippen LogP contribution in [0.1, 0.15) is 43.1 Å². The van der Waals surface area contributed by atoms with Crippen molar-refractivity contribution >= 4 is 24.8 Å². The van der Waals surface area contributed by atoms with Crippen LogP contribution in [0.5, 0.6) is 0 Å². The van der Waals surface area contributed by atoms with E-state index in [0.717, 1.165) is 45.1 Å². The van der Waals surface area contributed by atoms with Crippen molar-refractivity contribution in [2.45, 2.75) is 45.1 Å². The fourth-order valence-corrected chi connectivity index (χ4v) is 3.34. The Balaban J connectivity index is 0.00000110. The molecule has 1 unspecified atom stereocenters. The molecule has 1 N–H and O–H groups in total. The van der Waals surface area contributed by atoms with Gasteiger partial charge in [-0.1, -0.05) is 0 Å².